The van der Waals surface area contributed by atoms with Crippen LogP contribution in [0.2, 0.25) is 0 Å². The average molecular weight is 573 g/mol. The zero-order chi connectivity index (χ0) is 29.8. The second-order valence-corrected chi connectivity index (χ2v) is 10.6. The number of aromatic nitrogens is 3. The lowest BCUT2D eigenvalue weighted by atomic mass is 10.0. The molecule has 6 rings (SSSR count). The summed E-state index contributed by atoms with van der Waals surface area (Å²) < 4.78 is 1.98. The number of hydrogen-bond donors (Lipinski definition) is 1. The molecular formula is C34H32N6O3. The molecule has 9 nitrogen and oxygen atoms in total. The van der Waals surface area contributed by atoms with Crippen molar-refractivity contribution in [3.05, 3.63) is 108 Å². The molecule has 216 valence electrons. The summed E-state index contributed by atoms with van der Waals surface area (Å²) in [5.74, 6) is 0.196. The number of hydrogen-bond acceptors (Lipinski definition) is 5. The molecule has 9 heteroatoms. The molecule has 1 saturated heterocycles. The summed E-state index contributed by atoms with van der Waals surface area (Å²) in [5.41, 5.74) is 5.15. The zero-order valence-corrected chi connectivity index (χ0v) is 23.9. The summed E-state index contributed by atoms with van der Waals surface area (Å²) >= 11 is 0. The highest BCUT2D eigenvalue weighted by Crippen LogP contribution is 2.27. The van der Waals surface area contributed by atoms with E-state index < -0.39 is 0 Å². The van der Waals surface area contributed by atoms with Crippen LogP contribution >= 0.6 is 0 Å². The quantitative estimate of drug-likeness (QED) is 0.246. The number of nitrogens with one attached hydrogen (secondary N) is 1. The molecule has 0 radical (unpaired) electrons. The number of aryl methyl sites for hydroxylation is 1. The summed E-state index contributed by atoms with van der Waals surface area (Å²) in [6, 6.07) is 26.0. The molecule has 0 unspecified atom stereocenters. The normalized spacial score (nSPS) is 13.0. The number of imidazole rings is 1. The van der Waals surface area contributed by atoms with E-state index in [2.05, 4.69) is 10.3 Å². The van der Waals surface area contributed by atoms with Crippen molar-refractivity contribution in [2.45, 2.75) is 25.8 Å². The van der Waals surface area contributed by atoms with Crippen LogP contribution in [0.3, 0.4) is 0 Å². The SMILES string of the molecule is CN(C(=O)c1ccccc1)c1ccc2c(c1)nc(NC(=O)c1cccc(-c3ccncc3)c1)n2CCCN1CCCC1=O. The van der Waals surface area contributed by atoms with Crippen LogP contribution in [-0.4, -0.2) is 57.3 Å². The number of benzene rings is 3. The Balaban J connectivity index is 1.29. The number of rotatable bonds is 9. The van der Waals surface area contributed by atoms with E-state index in [1.165, 1.54) is 0 Å². The molecule has 2 aromatic heterocycles. The third kappa shape index (κ3) is 6.01. The van der Waals surface area contributed by atoms with Crippen LogP contribution in [0.15, 0.2) is 97.3 Å². The van der Waals surface area contributed by atoms with E-state index in [0.717, 1.165) is 29.6 Å². The predicted octanol–water partition coefficient (Wildman–Crippen LogP) is 5.64. The Bertz CT molecular complexity index is 1780. The molecule has 0 bridgehead atoms. The van der Waals surface area contributed by atoms with Gasteiger partial charge in [0.05, 0.1) is 11.0 Å². The van der Waals surface area contributed by atoms with Crippen molar-refractivity contribution in [1.82, 2.24) is 19.4 Å². The molecule has 5 aromatic rings. The second kappa shape index (κ2) is 12.3. The lowest BCUT2D eigenvalue weighted by molar-refractivity contribution is -0.127. The number of nitrogens with zero attached hydrogens (tertiary/aromatic N) is 5. The monoisotopic (exact) mass is 572 g/mol. The van der Waals surface area contributed by atoms with Crippen molar-refractivity contribution in [2.24, 2.45) is 0 Å². The van der Waals surface area contributed by atoms with E-state index in [0.29, 0.717) is 54.2 Å². The van der Waals surface area contributed by atoms with Gasteiger partial charge in [0, 0.05) is 62.3 Å². The number of carbonyl (C=O) groups excluding carboxylic acids is 3. The van der Waals surface area contributed by atoms with E-state index >= 15 is 0 Å². The Morgan fingerprint density at radius 1 is 0.884 bits per heavy atom. The highest BCUT2D eigenvalue weighted by atomic mass is 16.2. The predicted molar refractivity (Wildman–Crippen MR) is 167 cm³/mol. The minimum atomic E-state index is -0.279. The molecule has 3 heterocycles. The van der Waals surface area contributed by atoms with Gasteiger partial charge in [0.1, 0.15) is 0 Å². The summed E-state index contributed by atoms with van der Waals surface area (Å²) in [7, 11) is 1.74. The Hall–Kier alpha value is -5.31. The van der Waals surface area contributed by atoms with Crippen LogP contribution in [0.25, 0.3) is 22.2 Å². The Labute approximate surface area is 249 Å². The summed E-state index contributed by atoms with van der Waals surface area (Å²) in [5, 5.41) is 3.02. The first-order valence-corrected chi connectivity index (χ1v) is 14.4. The summed E-state index contributed by atoms with van der Waals surface area (Å²) in [6.45, 7) is 1.99. The number of amides is 3. The van der Waals surface area contributed by atoms with Crippen molar-refractivity contribution in [2.75, 3.05) is 30.4 Å². The first-order valence-electron chi connectivity index (χ1n) is 14.4. The third-order valence-corrected chi connectivity index (χ3v) is 7.79. The first kappa shape index (κ1) is 27.8. The molecule has 0 spiro atoms. The smallest absolute Gasteiger partial charge is 0.258 e. The number of carbonyl (C=O) groups is 3. The van der Waals surface area contributed by atoms with Crippen LogP contribution in [0, 0.1) is 0 Å². The number of pyridine rings is 1. The highest BCUT2D eigenvalue weighted by Gasteiger charge is 2.21. The second-order valence-electron chi connectivity index (χ2n) is 10.6. The molecule has 3 amide bonds. The van der Waals surface area contributed by atoms with Gasteiger partial charge in [0.15, 0.2) is 0 Å². The number of likely N-dealkylation sites (tertiary alicyclic amines) is 1. The maximum Gasteiger partial charge on any atom is 0.258 e. The third-order valence-electron chi connectivity index (χ3n) is 7.79. The lowest BCUT2D eigenvalue weighted by Gasteiger charge is -2.18. The van der Waals surface area contributed by atoms with Gasteiger partial charge in [0.25, 0.3) is 11.8 Å². The van der Waals surface area contributed by atoms with E-state index in [1.54, 1.807) is 42.5 Å². The molecule has 1 aliphatic rings. The maximum atomic E-state index is 13.5. The Kier molecular flexibility index (Phi) is 7.95. The number of anilines is 2. The van der Waals surface area contributed by atoms with Crippen molar-refractivity contribution >= 4 is 40.4 Å². The molecule has 1 N–H and O–H groups in total. The van der Waals surface area contributed by atoms with E-state index in [9.17, 15) is 14.4 Å². The van der Waals surface area contributed by atoms with Crippen LogP contribution in [-0.2, 0) is 11.3 Å². The molecule has 0 atom stereocenters. The van der Waals surface area contributed by atoms with Gasteiger partial charge in [-0.15, -0.1) is 0 Å². The van der Waals surface area contributed by atoms with E-state index in [1.807, 2.05) is 76.2 Å². The van der Waals surface area contributed by atoms with Crippen LogP contribution in [0.5, 0.6) is 0 Å². The molecule has 1 aliphatic heterocycles. The van der Waals surface area contributed by atoms with Gasteiger partial charge in [-0.05, 0) is 78.6 Å². The van der Waals surface area contributed by atoms with E-state index in [-0.39, 0.29) is 17.7 Å². The first-order chi connectivity index (χ1) is 21.0. The van der Waals surface area contributed by atoms with Crippen molar-refractivity contribution in [3.8, 4) is 11.1 Å². The van der Waals surface area contributed by atoms with Crippen LogP contribution in [0.4, 0.5) is 11.6 Å². The van der Waals surface area contributed by atoms with Gasteiger partial charge in [-0.3, -0.25) is 24.7 Å². The summed E-state index contributed by atoms with van der Waals surface area (Å²) in [6.07, 6.45) is 5.65. The fraction of sp³-hybridized carbons (Fsp3) is 0.206. The molecule has 3 aromatic carbocycles. The molecular weight excluding hydrogens is 540 g/mol. The largest absolute Gasteiger partial charge is 0.343 e. The topological polar surface area (TPSA) is 100 Å². The van der Waals surface area contributed by atoms with Crippen molar-refractivity contribution < 1.29 is 14.4 Å². The van der Waals surface area contributed by atoms with E-state index in [4.69, 9.17) is 4.98 Å². The van der Waals surface area contributed by atoms with Gasteiger partial charge < -0.3 is 14.4 Å². The standard InChI is InChI=1S/C34H32N6O3/c1-38(33(43)25-8-3-2-4-9-25)28-13-14-30-29(23-28)36-34(40(30)21-7-20-39-19-6-12-31(39)41)37-32(42)27-11-5-10-26(22-27)24-15-17-35-18-16-24/h2-5,8-11,13-18,22-23H,6-7,12,19-21H2,1H3,(H,36,37,42). The molecule has 0 saturated carbocycles. The molecule has 0 aliphatic carbocycles. The average Bonchev–Trinajstić information content (AvgIpc) is 3.62. The van der Waals surface area contributed by atoms with Crippen molar-refractivity contribution in [3.63, 3.8) is 0 Å². The van der Waals surface area contributed by atoms with Gasteiger partial charge in [-0.25, -0.2) is 4.98 Å². The molecule has 43 heavy (non-hydrogen) atoms. The van der Waals surface area contributed by atoms with Gasteiger partial charge >= 0.3 is 0 Å². The van der Waals surface area contributed by atoms with Crippen LogP contribution < -0.4 is 10.2 Å². The minimum absolute atomic E-state index is 0.128. The lowest BCUT2D eigenvalue weighted by Crippen LogP contribution is -2.26. The Morgan fingerprint density at radius 3 is 2.44 bits per heavy atom. The van der Waals surface area contributed by atoms with Gasteiger partial charge in [-0.2, -0.15) is 0 Å². The summed E-state index contributed by atoms with van der Waals surface area (Å²) in [4.78, 5) is 51.1. The highest BCUT2D eigenvalue weighted by molar-refractivity contribution is 6.07. The Morgan fingerprint density at radius 2 is 1.67 bits per heavy atom. The fourth-order valence-electron chi connectivity index (χ4n) is 5.46. The van der Waals surface area contributed by atoms with Gasteiger partial charge in [0.2, 0.25) is 11.9 Å². The van der Waals surface area contributed by atoms with Crippen LogP contribution in [0.1, 0.15) is 40.0 Å². The minimum Gasteiger partial charge on any atom is -0.343 e. The number of fused-ring (bicyclic) bond motifs is 1. The maximum absolute atomic E-state index is 13.5. The van der Waals surface area contributed by atoms with Crippen molar-refractivity contribution in [1.29, 1.82) is 0 Å². The van der Waals surface area contributed by atoms with Gasteiger partial charge in [-0.1, -0.05) is 30.3 Å². The fourth-order valence-corrected chi connectivity index (χ4v) is 5.46. The molecule has 1 fully saturated rings. The zero-order valence-electron chi connectivity index (χ0n) is 23.9.